The highest BCUT2D eigenvalue weighted by Crippen LogP contribution is 2.15. The van der Waals surface area contributed by atoms with Crippen LogP contribution >= 0.6 is 11.6 Å². The lowest BCUT2D eigenvalue weighted by atomic mass is 10.2. The second-order valence-corrected chi connectivity index (χ2v) is 5.41. The molecule has 1 aromatic heterocycles. The molecule has 1 heterocycles. The quantitative estimate of drug-likeness (QED) is 0.732. The number of nitrogens with zero attached hydrogens (tertiary/aromatic N) is 2. The minimum absolute atomic E-state index is 0.00767. The molecule has 0 saturated heterocycles. The first-order valence-electron chi connectivity index (χ1n) is 7.20. The number of unbranched alkanes of at least 4 members (excludes halogenated alkanes) is 1. The van der Waals surface area contributed by atoms with Gasteiger partial charge in [0.1, 0.15) is 5.75 Å². The average Bonchev–Trinajstić information content (AvgIpc) is 2.56. The molecule has 1 amide bonds. The summed E-state index contributed by atoms with van der Waals surface area (Å²) in [5, 5.41) is 0.697. The Kier molecular flexibility index (Phi) is 6.22. The van der Waals surface area contributed by atoms with Crippen LogP contribution in [0.5, 0.6) is 5.75 Å². The van der Waals surface area contributed by atoms with E-state index in [4.69, 9.17) is 16.3 Å². The summed E-state index contributed by atoms with van der Waals surface area (Å²) < 4.78 is 5.62. The van der Waals surface area contributed by atoms with E-state index in [0.717, 1.165) is 18.6 Å². The Balaban J connectivity index is 1.66. The Bertz CT molecular complexity index is 587. The van der Waals surface area contributed by atoms with E-state index >= 15 is 0 Å². The summed E-state index contributed by atoms with van der Waals surface area (Å²) in [5.41, 5.74) is 0.613. The Morgan fingerprint density at radius 3 is 2.68 bits per heavy atom. The number of halogens is 1. The second-order valence-electron chi connectivity index (χ2n) is 4.98. The van der Waals surface area contributed by atoms with Crippen LogP contribution in [0, 0.1) is 0 Å². The molecular weight excluding hydrogens is 300 g/mol. The van der Waals surface area contributed by atoms with E-state index < -0.39 is 0 Å². The lowest BCUT2D eigenvalue weighted by Gasteiger charge is -2.17. The normalized spacial score (nSPS) is 10.3. The predicted molar refractivity (Wildman–Crippen MR) is 87.4 cm³/mol. The van der Waals surface area contributed by atoms with Gasteiger partial charge in [-0.25, -0.2) is 0 Å². The number of amides is 1. The summed E-state index contributed by atoms with van der Waals surface area (Å²) in [4.78, 5) is 17.8. The highest BCUT2D eigenvalue weighted by atomic mass is 35.5. The molecular formula is C17H19ClN2O2. The van der Waals surface area contributed by atoms with Crippen molar-refractivity contribution in [1.82, 2.24) is 9.88 Å². The summed E-state index contributed by atoms with van der Waals surface area (Å²) in [6.45, 7) is 1.31. The number of carbonyl (C=O) groups excluding carboxylic acids is 1. The predicted octanol–water partition coefficient (Wildman–Crippen LogP) is 3.67. The monoisotopic (exact) mass is 318 g/mol. The maximum absolute atomic E-state index is 12.1. The number of rotatable bonds is 7. The van der Waals surface area contributed by atoms with Gasteiger partial charge in [0.25, 0.3) is 5.91 Å². The fraction of sp³-hybridized carbons (Fsp3) is 0.294. The number of hydrogen-bond acceptors (Lipinski definition) is 3. The molecule has 4 nitrogen and oxygen atoms in total. The van der Waals surface area contributed by atoms with Gasteiger partial charge >= 0.3 is 0 Å². The number of ether oxygens (including phenoxy) is 1. The Morgan fingerprint density at radius 1 is 1.23 bits per heavy atom. The minimum Gasteiger partial charge on any atom is -0.494 e. The number of benzene rings is 1. The third-order valence-electron chi connectivity index (χ3n) is 3.23. The van der Waals surface area contributed by atoms with Crippen LogP contribution in [-0.4, -0.2) is 36.0 Å². The summed E-state index contributed by atoms with van der Waals surface area (Å²) in [5.74, 6) is 0.802. The zero-order valence-corrected chi connectivity index (χ0v) is 13.3. The molecule has 0 unspecified atom stereocenters. The van der Waals surface area contributed by atoms with E-state index in [-0.39, 0.29) is 5.91 Å². The number of hydrogen-bond donors (Lipinski definition) is 0. The highest BCUT2D eigenvalue weighted by Gasteiger charge is 2.10. The van der Waals surface area contributed by atoms with Crippen molar-refractivity contribution < 1.29 is 9.53 Å². The first kappa shape index (κ1) is 16.3. The van der Waals surface area contributed by atoms with Crippen LogP contribution in [0.15, 0.2) is 48.8 Å². The third kappa shape index (κ3) is 5.04. The molecule has 0 bridgehead atoms. The van der Waals surface area contributed by atoms with Crippen molar-refractivity contribution in [1.29, 1.82) is 0 Å². The second kappa shape index (κ2) is 8.39. The van der Waals surface area contributed by atoms with Gasteiger partial charge < -0.3 is 9.64 Å². The molecule has 5 heteroatoms. The maximum atomic E-state index is 12.1. The summed E-state index contributed by atoms with van der Waals surface area (Å²) >= 11 is 5.81. The number of pyridine rings is 1. The third-order valence-corrected chi connectivity index (χ3v) is 3.48. The number of carbonyl (C=O) groups is 1. The number of aromatic nitrogens is 1. The molecule has 2 rings (SSSR count). The topological polar surface area (TPSA) is 42.4 Å². The maximum Gasteiger partial charge on any atom is 0.255 e. The molecule has 0 N–H and O–H groups in total. The Morgan fingerprint density at radius 2 is 2.00 bits per heavy atom. The molecule has 0 fully saturated rings. The van der Waals surface area contributed by atoms with Crippen LogP contribution in [0.3, 0.4) is 0 Å². The minimum atomic E-state index is -0.00767. The molecule has 2 aromatic rings. The van der Waals surface area contributed by atoms with Crippen molar-refractivity contribution in [2.45, 2.75) is 12.8 Å². The molecule has 22 heavy (non-hydrogen) atoms. The van der Waals surface area contributed by atoms with Crippen LogP contribution in [0.2, 0.25) is 5.02 Å². The van der Waals surface area contributed by atoms with Gasteiger partial charge in [0.15, 0.2) is 0 Å². The van der Waals surface area contributed by atoms with Crippen LogP contribution < -0.4 is 4.74 Å². The van der Waals surface area contributed by atoms with Gasteiger partial charge in [-0.05, 0) is 49.2 Å². The molecule has 0 aliphatic carbocycles. The molecule has 0 aliphatic rings. The van der Waals surface area contributed by atoms with E-state index in [1.165, 1.54) is 0 Å². The Hall–Kier alpha value is -2.07. The summed E-state index contributed by atoms with van der Waals surface area (Å²) in [7, 11) is 1.80. The van der Waals surface area contributed by atoms with Gasteiger partial charge in [0.2, 0.25) is 0 Å². The molecule has 1 aromatic carbocycles. The lowest BCUT2D eigenvalue weighted by molar-refractivity contribution is 0.0790. The molecule has 116 valence electrons. The first-order valence-corrected chi connectivity index (χ1v) is 7.58. The molecule has 0 aliphatic heterocycles. The Labute approximate surface area is 135 Å². The van der Waals surface area contributed by atoms with Gasteiger partial charge in [0, 0.05) is 31.0 Å². The smallest absolute Gasteiger partial charge is 0.255 e. The van der Waals surface area contributed by atoms with Crippen LogP contribution in [0.1, 0.15) is 23.2 Å². The zero-order chi connectivity index (χ0) is 15.8. The molecule has 0 radical (unpaired) electrons. The van der Waals surface area contributed by atoms with Crippen molar-refractivity contribution >= 4 is 17.5 Å². The largest absolute Gasteiger partial charge is 0.494 e. The average molecular weight is 319 g/mol. The lowest BCUT2D eigenvalue weighted by Crippen LogP contribution is -2.28. The van der Waals surface area contributed by atoms with E-state index in [0.29, 0.717) is 23.7 Å². The van der Waals surface area contributed by atoms with Gasteiger partial charge in [-0.15, -0.1) is 0 Å². The van der Waals surface area contributed by atoms with E-state index in [1.54, 1.807) is 48.6 Å². The molecule has 0 saturated carbocycles. The van der Waals surface area contributed by atoms with Crippen molar-refractivity contribution in [2.75, 3.05) is 20.2 Å². The van der Waals surface area contributed by atoms with E-state index in [1.807, 2.05) is 12.1 Å². The molecule has 0 atom stereocenters. The van der Waals surface area contributed by atoms with Crippen LogP contribution in [0.4, 0.5) is 0 Å². The van der Waals surface area contributed by atoms with Gasteiger partial charge in [-0.3, -0.25) is 9.78 Å². The highest BCUT2D eigenvalue weighted by molar-refractivity contribution is 6.30. The van der Waals surface area contributed by atoms with E-state index in [2.05, 4.69) is 4.98 Å². The van der Waals surface area contributed by atoms with Crippen molar-refractivity contribution in [2.24, 2.45) is 0 Å². The fourth-order valence-corrected chi connectivity index (χ4v) is 2.11. The molecule has 0 spiro atoms. The summed E-state index contributed by atoms with van der Waals surface area (Å²) in [6, 6.07) is 10.8. The van der Waals surface area contributed by atoms with Gasteiger partial charge in [0.05, 0.1) is 12.2 Å². The SMILES string of the molecule is CN(CCCCOc1ccc(Cl)cc1)C(=O)c1cccnc1. The van der Waals surface area contributed by atoms with Gasteiger partial charge in [-0.2, -0.15) is 0 Å². The van der Waals surface area contributed by atoms with Crippen molar-refractivity contribution in [3.8, 4) is 5.75 Å². The van der Waals surface area contributed by atoms with Crippen molar-refractivity contribution in [3.63, 3.8) is 0 Å². The summed E-state index contributed by atoms with van der Waals surface area (Å²) in [6.07, 6.45) is 5.01. The zero-order valence-electron chi connectivity index (χ0n) is 12.5. The van der Waals surface area contributed by atoms with Crippen molar-refractivity contribution in [3.05, 3.63) is 59.4 Å². The van der Waals surface area contributed by atoms with Crippen LogP contribution in [0.25, 0.3) is 0 Å². The standard InChI is InChI=1S/C17H19ClN2O2/c1-20(17(21)14-5-4-10-19-13-14)11-2-3-12-22-16-8-6-15(18)7-9-16/h4-10,13H,2-3,11-12H2,1H3. The van der Waals surface area contributed by atoms with E-state index in [9.17, 15) is 4.79 Å². The van der Waals surface area contributed by atoms with Gasteiger partial charge in [-0.1, -0.05) is 11.6 Å². The van der Waals surface area contributed by atoms with Crippen LogP contribution in [-0.2, 0) is 0 Å². The first-order chi connectivity index (χ1) is 10.7. The fourth-order valence-electron chi connectivity index (χ4n) is 1.98.